The highest BCUT2D eigenvalue weighted by Gasteiger charge is 2.39. The highest BCUT2D eigenvalue weighted by Crippen LogP contribution is 2.44. The Kier molecular flexibility index (Phi) is 3.23. The molecule has 0 fully saturated rings. The SMILES string of the molecule is O=C1O[C@@H](c2ccc(O)cc2)[C@@H](n2ccnc2)c2cccc(O)c21. The molecule has 3 aromatic rings. The predicted octanol–water partition coefficient (Wildman–Crippen LogP) is 2.80. The van der Waals surface area contributed by atoms with Crippen molar-refractivity contribution in [2.75, 3.05) is 0 Å². The van der Waals surface area contributed by atoms with Gasteiger partial charge in [-0.2, -0.15) is 0 Å². The van der Waals surface area contributed by atoms with Crippen LogP contribution in [0.25, 0.3) is 0 Å². The number of carbonyl (C=O) groups is 1. The highest BCUT2D eigenvalue weighted by molar-refractivity contribution is 5.95. The molecule has 0 amide bonds. The first-order chi connectivity index (χ1) is 11.6. The van der Waals surface area contributed by atoms with E-state index in [-0.39, 0.29) is 23.1 Å². The monoisotopic (exact) mass is 322 g/mol. The molecule has 120 valence electrons. The van der Waals surface area contributed by atoms with E-state index < -0.39 is 12.1 Å². The Bertz CT molecular complexity index is 888. The van der Waals surface area contributed by atoms with Crippen molar-refractivity contribution < 1.29 is 19.7 Å². The van der Waals surface area contributed by atoms with Crippen LogP contribution in [0.4, 0.5) is 0 Å². The van der Waals surface area contributed by atoms with Crippen LogP contribution in [0.5, 0.6) is 11.5 Å². The van der Waals surface area contributed by atoms with Crippen LogP contribution < -0.4 is 0 Å². The first kappa shape index (κ1) is 14.3. The Hall–Kier alpha value is -3.28. The summed E-state index contributed by atoms with van der Waals surface area (Å²) in [5, 5.41) is 19.6. The van der Waals surface area contributed by atoms with Crippen molar-refractivity contribution >= 4 is 5.97 Å². The topological polar surface area (TPSA) is 84.6 Å². The summed E-state index contributed by atoms with van der Waals surface area (Å²) >= 11 is 0. The molecule has 2 aromatic carbocycles. The van der Waals surface area contributed by atoms with Gasteiger partial charge in [0.05, 0.1) is 6.33 Å². The molecule has 1 aromatic heterocycles. The maximum atomic E-state index is 12.4. The van der Waals surface area contributed by atoms with Gasteiger partial charge >= 0.3 is 5.97 Å². The van der Waals surface area contributed by atoms with Crippen LogP contribution in [0.1, 0.15) is 33.6 Å². The van der Waals surface area contributed by atoms with Crippen molar-refractivity contribution in [2.45, 2.75) is 12.1 Å². The number of cyclic esters (lactones) is 1. The van der Waals surface area contributed by atoms with Gasteiger partial charge in [-0.15, -0.1) is 0 Å². The molecule has 0 aliphatic carbocycles. The summed E-state index contributed by atoms with van der Waals surface area (Å²) in [6.07, 6.45) is 4.48. The summed E-state index contributed by atoms with van der Waals surface area (Å²) < 4.78 is 7.46. The van der Waals surface area contributed by atoms with Gasteiger partial charge in [0, 0.05) is 12.4 Å². The minimum Gasteiger partial charge on any atom is -0.508 e. The molecule has 0 spiro atoms. The normalized spacial score (nSPS) is 19.6. The summed E-state index contributed by atoms with van der Waals surface area (Å²) in [5.74, 6) is -0.539. The number of carbonyl (C=O) groups excluding carboxylic acids is 1. The Morgan fingerprint density at radius 1 is 1.08 bits per heavy atom. The molecule has 6 nitrogen and oxygen atoms in total. The van der Waals surface area contributed by atoms with E-state index in [4.69, 9.17) is 4.74 Å². The van der Waals surface area contributed by atoms with Gasteiger partial charge in [0.1, 0.15) is 23.1 Å². The summed E-state index contributed by atoms with van der Waals surface area (Å²) in [6, 6.07) is 11.1. The number of rotatable bonds is 2. The summed E-state index contributed by atoms with van der Waals surface area (Å²) in [4.78, 5) is 16.5. The van der Waals surface area contributed by atoms with Crippen LogP contribution in [0, 0.1) is 0 Å². The van der Waals surface area contributed by atoms with Crippen molar-refractivity contribution in [3.05, 3.63) is 77.9 Å². The third-order valence-electron chi connectivity index (χ3n) is 4.19. The molecule has 0 saturated heterocycles. The van der Waals surface area contributed by atoms with Gasteiger partial charge in [0.2, 0.25) is 0 Å². The maximum Gasteiger partial charge on any atom is 0.342 e. The van der Waals surface area contributed by atoms with Gasteiger partial charge in [-0.05, 0) is 29.3 Å². The largest absolute Gasteiger partial charge is 0.508 e. The van der Waals surface area contributed by atoms with Crippen LogP contribution in [0.15, 0.2) is 61.2 Å². The van der Waals surface area contributed by atoms with Crippen LogP contribution >= 0.6 is 0 Å². The number of esters is 1. The van der Waals surface area contributed by atoms with E-state index in [0.29, 0.717) is 5.56 Å². The summed E-state index contributed by atoms with van der Waals surface area (Å²) in [5.41, 5.74) is 1.59. The molecular weight excluding hydrogens is 308 g/mol. The fraction of sp³-hybridized carbons (Fsp3) is 0.111. The predicted molar refractivity (Wildman–Crippen MR) is 84.7 cm³/mol. The lowest BCUT2D eigenvalue weighted by molar-refractivity contribution is 0.0128. The fourth-order valence-electron chi connectivity index (χ4n) is 3.09. The second-order valence-electron chi connectivity index (χ2n) is 5.61. The van der Waals surface area contributed by atoms with Crippen LogP contribution in [0.3, 0.4) is 0 Å². The second kappa shape index (κ2) is 5.42. The quantitative estimate of drug-likeness (QED) is 0.709. The van der Waals surface area contributed by atoms with Gasteiger partial charge in [-0.3, -0.25) is 0 Å². The smallest absolute Gasteiger partial charge is 0.342 e. The average molecular weight is 322 g/mol. The van der Waals surface area contributed by atoms with E-state index in [2.05, 4.69) is 4.98 Å². The van der Waals surface area contributed by atoms with Crippen molar-refractivity contribution in [3.63, 3.8) is 0 Å². The molecule has 1 aliphatic rings. The van der Waals surface area contributed by atoms with Crippen LogP contribution in [0.2, 0.25) is 0 Å². The van der Waals surface area contributed by atoms with Gasteiger partial charge in [0.25, 0.3) is 0 Å². The third kappa shape index (κ3) is 2.20. The lowest BCUT2D eigenvalue weighted by Gasteiger charge is -2.34. The number of hydrogen-bond acceptors (Lipinski definition) is 5. The minimum atomic E-state index is -0.596. The number of benzene rings is 2. The van der Waals surface area contributed by atoms with Gasteiger partial charge in [-0.1, -0.05) is 24.3 Å². The zero-order chi connectivity index (χ0) is 16.7. The lowest BCUT2D eigenvalue weighted by atomic mass is 9.89. The number of phenolic OH excluding ortho intramolecular Hbond substituents is 2. The van der Waals surface area contributed by atoms with Crippen LogP contribution in [-0.4, -0.2) is 25.7 Å². The number of ether oxygens (including phenoxy) is 1. The van der Waals surface area contributed by atoms with Crippen molar-refractivity contribution in [1.29, 1.82) is 0 Å². The molecule has 0 unspecified atom stereocenters. The number of hydrogen-bond donors (Lipinski definition) is 2. The van der Waals surface area contributed by atoms with Gasteiger partial charge < -0.3 is 19.5 Å². The molecule has 2 heterocycles. The number of imidazole rings is 1. The Balaban J connectivity index is 1.91. The third-order valence-corrected chi connectivity index (χ3v) is 4.19. The van der Waals surface area contributed by atoms with Crippen LogP contribution in [-0.2, 0) is 4.74 Å². The van der Waals surface area contributed by atoms with Crippen molar-refractivity contribution in [1.82, 2.24) is 9.55 Å². The molecule has 0 saturated carbocycles. The number of fused-ring (bicyclic) bond motifs is 1. The fourth-order valence-corrected chi connectivity index (χ4v) is 3.09. The minimum absolute atomic E-state index is 0.105. The molecule has 1 aliphatic heterocycles. The number of phenols is 2. The van der Waals surface area contributed by atoms with E-state index in [1.165, 1.54) is 6.07 Å². The zero-order valence-electron chi connectivity index (χ0n) is 12.5. The molecule has 24 heavy (non-hydrogen) atoms. The van der Waals surface area contributed by atoms with E-state index in [1.54, 1.807) is 55.1 Å². The lowest BCUT2D eigenvalue weighted by Crippen LogP contribution is -2.30. The van der Waals surface area contributed by atoms with Gasteiger partial charge in [0.15, 0.2) is 6.10 Å². The van der Waals surface area contributed by atoms with Crippen molar-refractivity contribution in [2.24, 2.45) is 0 Å². The molecule has 0 radical (unpaired) electrons. The van der Waals surface area contributed by atoms with E-state index >= 15 is 0 Å². The summed E-state index contributed by atoms with van der Waals surface area (Å²) in [7, 11) is 0. The maximum absolute atomic E-state index is 12.4. The highest BCUT2D eigenvalue weighted by atomic mass is 16.5. The van der Waals surface area contributed by atoms with E-state index in [0.717, 1.165) is 5.56 Å². The molecule has 6 heteroatoms. The molecule has 4 rings (SSSR count). The first-order valence-corrected chi connectivity index (χ1v) is 7.44. The molecule has 2 N–H and O–H groups in total. The van der Waals surface area contributed by atoms with Crippen molar-refractivity contribution in [3.8, 4) is 11.5 Å². The molecule has 0 bridgehead atoms. The Morgan fingerprint density at radius 2 is 1.88 bits per heavy atom. The Morgan fingerprint density at radius 3 is 2.58 bits per heavy atom. The number of aromatic hydroxyl groups is 2. The van der Waals surface area contributed by atoms with Gasteiger partial charge in [-0.25, -0.2) is 9.78 Å². The Labute approximate surface area is 137 Å². The second-order valence-corrected chi connectivity index (χ2v) is 5.61. The number of aromatic nitrogens is 2. The zero-order valence-corrected chi connectivity index (χ0v) is 12.5. The standard InChI is InChI=1S/C18H14N2O4/c21-12-6-4-11(5-7-12)17-16(20-9-8-19-10-20)13-2-1-3-14(22)15(13)18(23)24-17/h1-10,16-17,21-22H/t16-,17-/m0/s1. The summed E-state index contributed by atoms with van der Waals surface area (Å²) in [6.45, 7) is 0. The number of nitrogens with zero attached hydrogens (tertiary/aromatic N) is 2. The average Bonchev–Trinajstić information content (AvgIpc) is 3.09. The first-order valence-electron chi connectivity index (χ1n) is 7.44. The van der Waals surface area contributed by atoms with E-state index in [9.17, 15) is 15.0 Å². The van der Waals surface area contributed by atoms with E-state index in [1.807, 2.05) is 4.57 Å². The molecular formula is C18H14N2O4. The molecule has 2 atom stereocenters.